The molecule has 2 aliphatic carbocycles. The first-order chi connectivity index (χ1) is 9.86. The first kappa shape index (κ1) is 15.2. The van der Waals surface area contributed by atoms with E-state index in [1.807, 2.05) is 0 Å². The van der Waals surface area contributed by atoms with E-state index in [0.29, 0.717) is 11.8 Å². The summed E-state index contributed by atoms with van der Waals surface area (Å²) in [5, 5.41) is 0. The molecule has 0 spiro atoms. The lowest BCUT2D eigenvalue weighted by molar-refractivity contribution is -0.253. The zero-order valence-corrected chi connectivity index (χ0v) is 12.6. The molecule has 8 unspecified atom stereocenters. The number of ether oxygens (including phenoxy) is 3. The molecule has 3 rings (SSSR count). The number of methoxy groups -OCH3 is 1. The molecule has 0 aromatic rings. The molecule has 0 aromatic heterocycles. The summed E-state index contributed by atoms with van der Waals surface area (Å²) >= 11 is 0. The summed E-state index contributed by atoms with van der Waals surface area (Å²) in [5.74, 6) is -0.383. The normalized spacial score (nSPS) is 45.8. The minimum atomic E-state index is -2.73. The summed E-state index contributed by atoms with van der Waals surface area (Å²) < 4.78 is 45.1. The first-order valence-corrected chi connectivity index (χ1v) is 7.58. The fourth-order valence-corrected chi connectivity index (χ4v) is 4.11. The number of rotatable bonds is 3. The second-order valence-corrected chi connectivity index (χ2v) is 6.67. The second kappa shape index (κ2) is 5.16. The largest absolute Gasteiger partial charge is 0.467 e. The average Bonchev–Trinajstić information content (AvgIpc) is 3.06. The van der Waals surface area contributed by atoms with E-state index in [0.717, 1.165) is 33.3 Å². The maximum atomic E-state index is 14.6. The second-order valence-electron chi connectivity index (χ2n) is 6.67. The Hall–Kier alpha value is -0.750. The molecule has 1 saturated heterocycles. The monoisotopic (exact) mass is 304 g/mol. The third kappa shape index (κ3) is 2.27. The standard InChI is InChI=1S/C15H22F2O4/c1-7-10(13(16)15(2,17)14(18)19-3)21-12-9-5-4-8(6-9)11(12)20-7/h7-13H,4-6H2,1-3H3. The van der Waals surface area contributed by atoms with Gasteiger partial charge in [-0.25, -0.2) is 13.6 Å². The van der Waals surface area contributed by atoms with Crippen LogP contribution in [-0.2, 0) is 19.0 Å². The molecule has 8 atom stereocenters. The smallest absolute Gasteiger partial charge is 0.346 e. The molecule has 3 fully saturated rings. The van der Waals surface area contributed by atoms with Gasteiger partial charge in [-0.05, 0) is 44.9 Å². The Kier molecular flexibility index (Phi) is 3.72. The van der Waals surface area contributed by atoms with Crippen molar-refractivity contribution in [3.05, 3.63) is 0 Å². The topological polar surface area (TPSA) is 44.8 Å². The van der Waals surface area contributed by atoms with Crippen molar-refractivity contribution in [3.63, 3.8) is 0 Å². The van der Waals surface area contributed by atoms with Crippen molar-refractivity contribution in [1.29, 1.82) is 0 Å². The number of hydrogen-bond acceptors (Lipinski definition) is 4. The van der Waals surface area contributed by atoms with Crippen molar-refractivity contribution in [1.82, 2.24) is 0 Å². The van der Waals surface area contributed by atoms with E-state index >= 15 is 0 Å². The number of halogens is 2. The van der Waals surface area contributed by atoms with Crippen LogP contribution < -0.4 is 0 Å². The predicted octanol–water partition coefficient (Wildman–Crippen LogP) is 2.20. The van der Waals surface area contributed by atoms with Gasteiger partial charge in [0.2, 0.25) is 5.67 Å². The summed E-state index contributed by atoms with van der Waals surface area (Å²) in [6.07, 6.45) is -0.746. The molecule has 0 radical (unpaired) electrons. The van der Waals surface area contributed by atoms with E-state index in [-0.39, 0.29) is 12.2 Å². The first-order valence-electron chi connectivity index (χ1n) is 7.58. The molecule has 6 heteroatoms. The van der Waals surface area contributed by atoms with Crippen LogP contribution in [0.3, 0.4) is 0 Å². The molecule has 4 nitrogen and oxygen atoms in total. The molecule has 3 aliphatic rings. The Morgan fingerprint density at radius 2 is 1.86 bits per heavy atom. The Labute approximate surface area is 123 Å². The molecule has 0 amide bonds. The van der Waals surface area contributed by atoms with Crippen LogP contribution >= 0.6 is 0 Å². The van der Waals surface area contributed by atoms with E-state index in [2.05, 4.69) is 4.74 Å². The van der Waals surface area contributed by atoms with Crippen LogP contribution in [-0.4, -0.2) is 49.3 Å². The van der Waals surface area contributed by atoms with E-state index in [1.165, 1.54) is 0 Å². The van der Waals surface area contributed by atoms with Gasteiger partial charge >= 0.3 is 5.97 Å². The summed E-state index contributed by atoms with van der Waals surface area (Å²) in [6, 6.07) is 0. The zero-order valence-electron chi connectivity index (χ0n) is 12.6. The van der Waals surface area contributed by atoms with Crippen LogP contribution in [0.4, 0.5) is 8.78 Å². The predicted molar refractivity (Wildman–Crippen MR) is 70.3 cm³/mol. The number of carbonyl (C=O) groups excluding carboxylic acids is 1. The SMILES string of the molecule is COC(=O)C(C)(F)C(F)C1OC2C3CCC(C3)C2OC1C. The van der Waals surface area contributed by atoms with Crippen molar-refractivity contribution in [2.75, 3.05) is 7.11 Å². The number of carbonyl (C=O) groups is 1. The van der Waals surface area contributed by atoms with Crippen LogP contribution in [0, 0.1) is 11.8 Å². The Morgan fingerprint density at radius 1 is 1.29 bits per heavy atom. The van der Waals surface area contributed by atoms with Gasteiger partial charge in [-0.15, -0.1) is 0 Å². The zero-order chi connectivity index (χ0) is 15.4. The number of esters is 1. The molecule has 0 aromatic carbocycles. The van der Waals surface area contributed by atoms with Crippen molar-refractivity contribution in [3.8, 4) is 0 Å². The molecular formula is C15H22F2O4. The lowest BCUT2D eigenvalue weighted by atomic mass is 9.89. The van der Waals surface area contributed by atoms with Gasteiger partial charge < -0.3 is 14.2 Å². The lowest BCUT2D eigenvalue weighted by Gasteiger charge is -2.44. The van der Waals surface area contributed by atoms with Gasteiger partial charge in [-0.3, -0.25) is 0 Å². The maximum absolute atomic E-state index is 14.6. The quantitative estimate of drug-likeness (QED) is 0.750. The minimum absolute atomic E-state index is 0.00815. The molecule has 1 heterocycles. The third-order valence-corrected chi connectivity index (χ3v) is 5.31. The van der Waals surface area contributed by atoms with Crippen molar-refractivity contribution < 1.29 is 27.8 Å². The minimum Gasteiger partial charge on any atom is -0.467 e. The van der Waals surface area contributed by atoms with Gasteiger partial charge in [0.05, 0.1) is 25.4 Å². The van der Waals surface area contributed by atoms with Gasteiger partial charge in [0.15, 0.2) is 6.17 Å². The third-order valence-electron chi connectivity index (χ3n) is 5.31. The van der Waals surface area contributed by atoms with E-state index in [9.17, 15) is 13.6 Å². The highest BCUT2D eigenvalue weighted by Gasteiger charge is 2.58. The van der Waals surface area contributed by atoms with Crippen LogP contribution in [0.15, 0.2) is 0 Å². The summed E-state index contributed by atoms with van der Waals surface area (Å²) in [7, 11) is 1.04. The van der Waals surface area contributed by atoms with Crippen LogP contribution in [0.25, 0.3) is 0 Å². The lowest BCUT2D eigenvalue weighted by Crippen LogP contribution is -2.59. The maximum Gasteiger partial charge on any atom is 0.346 e. The number of hydrogen-bond donors (Lipinski definition) is 0. The molecular weight excluding hydrogens is 282 g/mol. The molecule has 1 aliphatic heterocycles. The Bertz CT molecular complexity index is 428. The molecule has 21 heavy (non-hydrogen) atoms. The number of fused-ring (bicyclic) bond motifs is 5. The van der Waals surface area contributed by atoms with Crippen LogP contribution in [0.5, 0.6) is 0 Å². The van der Waals surface area contributed by atoms with E-state index in [4.69, 9.17) is 9.47 Å². The fourth-order valence-electron chi connectivity index (χ4n) is 4.11. The van der Waals surface area contributed by atoms with Gasteiger partial charge in [-0.2, -0.15) is 0 Å². The van der Waals surface area contributed by atoms with Crippen LogP contribution in [0.2, 0.25) is 0 Å². The average molecular weight is 304 g/mol. The highest BCUT2D eigenvalue weighted by atomic mass is 19.2. The van der Waals surface area contributed by atoms with E-state index in [1.54, 1.807) is 6.92 Å². The molecule has 120 valence electrons. The van der Waals surface area contributed by atoms with Crippen LogP contribution in [0.1, 0.15) is 33.1 Å². The highest BCUT2D eigenvalue weighted by molar-refractivity contribution is 5.79. The summed E-state index contributed by atoms with van der Waals surface area (Å²) in [6.45, 7) is 2.57. The Balaban J connectivity index is 1.75. The number of alkyl halides is 2. The van der Waals surface area contributed by atoms with Gasteiger partial charge in [0.1, 0.15) is 6.10 Å². The fraction of sp³-hybridized carbons (Fsp3) is 0.933. The van der Waals surface area contributed by atoms with Gasteiger partial charge in [0, 0.05) is 0 Å². The molecule has 2 saturated carbocycles. The van der Waals surface area contributed by atoms with E-state index < -0.39 is 30.0 Å². The van der Waals surface area contributed by atoms with Gasteiger partial charge in [0.25, 0.3) is 0 Å². The summed E-state index contributed by atoms with van der Waals surface area (Å²) in [4.78, 5) is 11.4. The molecule has 2 bridgehead atoms. The van der Waals surface area contributed by atoms with Gasteiger partial charge in [-0.1, -0.05) is 0 Å². The van der Waals surface area contributed by atoms with Crippen molar-refractivity contribution >= 4 is 5.97 Å². The molecule has 0 N–H and O–H groups in total. The summed E-state index contributed by atoms with van der Waals surface area (Å²) in [5.41, 5.74) is -2.73. The highest BCUT2D eigenvalue weighted by Crippen LogP contribution is 2.51. The van der Waals surface area contributed by atoms with Crippen molar-refractivity contribution in [2.45, 2.75) is 69.4 Å². The van der Waals surface area contributed by atoms with Crippen molar-refractivity contribution in [2.24, 2.45) is 11.8 Å². The Morgan fingerprint density at radius 3 is 2.43 bits per heavy atom.